The van der Waals surface area contributed by atoms with E-state index in [0.717, 1.165) is 30.5 Å². The lowest BCUT2D eigenvalue weighted by Gasteiger charge is -2.16. The molecule has 1 aromatic heterocycles. The Hall–Kier alpha value is -4.19. The molecule has 0 bridgehead atoms. The summed E-state index contributed by atoms with van der Waals surface area (Å²) in [6, 6.07) is 24.7. The van der Waals surface area contributed by atoms with Crippen molar-refractivity contribution in [3.05, 3.63) is 101 Å². The van der Waals surface area contributed by atoms with Crippen molar-refractivity contribution >= 4 is 28.3 Å². The molecule has 176 valence electrons. The summed E-state index contributed by atoms with van der Waals surface area (Å²) in [7, 11) is 0. The molecule has 2 heterocycles. The van der Waals surface area contributed by atoms with Crippen LogP contribution in [0.2, 0.25) is 0 Å². The number of benzene rings is 3. The average molecular weight is 466 g/mol. The highest BCUT2D eigenvalue weighted by atomic mass is 16.2. The molecule has 3 aromatic carbocycles. The Morgan fingerprint density at radius 3 is 2.31 bits per heavy atom. The molecule has 1 aliphatic rings. The van der Waals surface area contributed by atoms with Crippen LogP contribution in [0.5, 0.6) is 0 Å². The van der Waals surface area contributed by atoms with Crippen LogP contribution in [-0.4, -0.2) is 34.4 Å². The van der Waals surface area contributed by atoms with Gasteiger partial charge in [-0.2, -0.15) is 0 Å². The molecule has 0 radical (unpaired) electrons. The molecule has 1 N–H and O–H groups in total. The normalized spacial score (nSPS) is 13.4. The molecule has 1 saturated heterocycles. The number of carbonyl (C=O) groups is 2. The number of aromatic nitrogens is 1. The van der Waals surface area contributed by atoms with Crippen LogP contribution in [0, 0.1) is 0 Å². The number of likely N-dealkylation sites (tertiary alicyclic amines) is 1. The molecule has 0 atom stereocenters. The Bertz CT molecular complexity index is 1430. The maximum absolute atomic E-state index is 13.1. The summed E-state index contributed by atoms with van der Waals surface area (Å²) in [5.74, 6) is -0.0254. The molecule has 1 aliphatic heterocycles. The SMILES string of the molecule is O=C(Nc1cccc2c(=O)n(CCCN3CCCC3=O)ccc12)c1ccc(-c2ccccc2)cc1. The lowest BCUT2D eigenvalue weighted by Crippen LogP contribution is -2.28. The number of nitrogens with one attached hydrogen (secondary N) is 1. The number of carbonyl (C=O) groups excluding carboxylic acids is 2. The Balaban J connectivity index is 1.30. The number of rotatable bonds is 7. The monoisotopic (exact) mass is 465 g/mol. The molecule has 6 heteroatoms. The van der Waals surface area contributed by atoms with Crippen molar-refractivity contribution in [3.63, 3.8) is 0 Å². The summed E-state index contributed by atoms with van der Waals surface area (Å²) in [4.78, 5) is 39.7. The third-order valence-electron chi connectivity index (χ3n) is 6.52. The maximum atomic E-state index is 13.1. The number of anilines is 1. The number of hydrogen-bond donors (Lipinski definition) is 1. The molecule has 35 heavy (non-hydrogen) atoms. The smallest absolute Gasteiger partial charge is 0.258 e. The largest absolute Gasteiger partial charge is 0.343 e. The van der Waals surface area contributed by atoms with Crippen molar-refractivity contribution in [2.75, 3.05) is 18.4 Å². The van der Waals surface area contributed by atoms with Gasteiger partial charge in [0, 0.05) is 54.3 Å². The van der Waals surface area contributed by atoms with Crippen LogP contribution in [0.15, 0.2) is 89.9 Å². The van der Waals surface area contributed by atoms with Crippen LogP contribution in [0.3, 0.4) is 0 Å². The average Bonchev–Trinajstić information content (AvgIpc) is 3.31. The molecule has 0 aliphatic carbocycles. The van der Waals surface area contributed by atoms with E-state index >= 15 is 0 Å². The highest BCUT2D eigenvalue weighted by Crippen LogP contribution is 2.23. The Labute approximate surface area is 203 Å². The Morgan fingerprint density at radius 1 is 0.800 bits per heavy atom. The summed E-state index contributed by atoms with van der Waals surface area (Å²) in [6.45, 7) is 2.02. The number of aryl methyl sites for hydroxylation is 1. The lowest BCUT2D eigenvalue weighted by atomic mass is 10.0. The van der Waals surface area contributed by atoms with E-state index in [-0.39, 0.29) is 17.4 Å². The standard InChI is InChI=1S/C29H27N3O3/c33-27-11-5-17-31(27)18-6-19-32-20-16-24-25(29(32)35)9-4-10-26(24)30-28(34)23-14-12-22(13-15-23)21-7-2-1-3-8-21/h1-4,7-10,12-16,20H,5-6,11,17-19H2,(H,30,34). The van der Waals surface area contributed by atoms with Gasteiger partial charge in [-0.15, -0.1) is 0 Å². The Kier molecular flexibility index (Phi) is 6.44. The maximum Gasteiger partial charge on any atom is 0.258 e. The van der Waals surface area contributed by atoms with Gasteiger partial charge >= 0.3 is 0 Å². The number of nitrogens with zero attached hydrogens (tertiary/aromatic N) is 2. The fourth-order valence-corrected chi connectivity index (χ4v) is 4.61. The molecule has 0 spiro atoms. The van der Waals surface area contributed by atoms with E-state index in [2.05, 4.69) is 5.32 Å². The second-order valence-corrected chi connectivity index (χ2v) is 8.82. The quantitative estimate of drug-likeness (QED) is 0.421. The van der Waals surface area contributed by atoms with Gasteiger partial charge in [0.25, 0.3) is 11.5 Å². The van der Waals surface area contributed by atoms with Crippen molar-refractivity contribution < 1.29 is 9.59 Å². The number of pyridine rings is 1. The Morgan fingerprint density at radius 2 is 1.57 bits per heavy atom. The second-order valence-electron chi connectivity index (χ2n) is 8.82. The zero-order chi connectivity index (χ0) is 24.2. The van der Waals surface area contributed by atoms with Crippen molar-refractivity contribution in [1.82, 2.24) is 9.47 Å². The van der Waals surface area contributed by atoms with Crippen LogP contribution < -0.4 is 10.9 Å². The van der Waals surface area contributed by atoms with Gasteiger partial charge in [-0.05, 0) is 54.3 Å². The van der Waals surface area contributed by atoms with Gasteiger partial charge in [0.2, 0.25) is 5.91 Å². The van der Waals surface area contributed by atoms with E-state index < -0.39 is 0 Å². The first-order chi connectivity index (χ1) is 17.1. The van der Waals surface area contributed by atoms with Crippen LogP contribution in [0.4, 0.5) is 5.69 Å². The van der Waals surface area contributed by atoms with E-state index in [9.17, 15) is 14.4 Å². The van der Waals surface area contributed by atoms with Gasteiger partial charge < -0.3 is 14.8 Å². The molecule has 2 amide bonds. The predicted molar refractivity (Wildman–Crippen MR) is 138 cm³/mol. The zero-order valence-corrected chi connectivity index (χ0v) is 19.4. The van der Waals surface area contributed by atoms with Gasteiger partial charge in [0.1, 0.15) is 0 Å². The van der Waals surface area contributed by atoms with Crippen molar-refractivity contribution in [1.29, 1.82) is 0 Å². The highest BCUT2D eigenvalue weighted by Gasteiger charge is 2.19. The molecule has 0 unspecified atom stereocenters. The molecule has 0 saturated carbocycles. The molecule has 6 nitrogen and oxygen atoms in total. The van der Waals surface area contributed by atoms with E-state index in [1.165, 1.54) is 0 Å². The summed E-state index contributed by atoms with van der Waals surface area (Å²) in [5, 5.41) is 4.22. The van der Waals surface area contributed by atoms with Crippen molar-refractivity contribution in [2.24, 2.45) is 0 Å². The summed E-state index contributed by atoms with van der Waals surface area (Å²) < 4.78 is 1.68. The predicted octanol–water partition coefficient (Wildman–Crippen LogP) is 4.93. The minimum absolute atomic E-state index is 0.0986. The minimum Gasteiger partial charge on any atom is -0.343 e. The van der Waals surface area contributed by atoms with Crippen molar-refractivity contribution in [3.8, 4) is 11.1 Å². The van der Waals surface area contributed by atoms with Gasteiger partial charge in [-0.25, -0.2) is 0 Å². The molecule has 4 aromatic rings. The minimum atomic E-state index is -0.225. The number of fused-ring (bicyclic) bond motifs is 1. The van der Waals surface area contributed by atoms with Gasteiger partial charge in [-0.3, -0.25) is 14.4 Å². The first-order valence-corrected chi connectivity index (χ1v) is 12.0. The third kappa shape index (κ3) is 4.87. The number of amides is 2. The molecular weight excluding hydrogens is 438 g/mol. The summed E-state index contributed by atoms with van der Waals surface area (Å²) >= 11 is 0. The molecular formula is C29H27N3O3. The number of hydrogen-bond acceptors (Lipinski definition) is 3. The van der Waals surface area contributed by atoms with Crippen LogP contribution in [0.25, 0.3) is 21.9 Å². The first kappa shape index (κ1) is 22.6. The van der Waals surface area contributed by atoms with Crippen LogP contribution >= 0.6 is 0 Å². The second kappa shape index (κ2) is 9.97. The molecule has 1 fully saturated rings. The van der Waals surface area contributed by atoms with Crippen molar-refractivity contribution in [2.45, 2.75) is 25.8 Å². The van der Waals surface area contributed by atoms with E-state index in [0.29, 0.717) is 41.5 Å². The lowest BCUT2D eigenvalue weighted by molar-refractivity contribution is -0.127. The first-order valence-electron chi connectivity index (χ1n) is 12.0. The fourth-order valence-electron chi connectivity index (χ4n) is 4.61. The summed E-state index contributed by atoms with van der Waals surface area (Å²) in [6.07, 6.45) is 4.04. The van der Waals surface area contributed by atoms with Crippen LogP contribution in [0.1, 0.15) is 29.6 Å². The zero-order valence-electron chi connectivity index (χ0n) is 19.4. The fraction of sp³-hybridized carbons (Fsp3) is 0.207. The summed E-state index contributed by atoms with van der Waals surface area (Å²) in [5.41, 5.74) is 3.19. The van der Waals surface area contributed by atoms with E-state index in [1.54, 1.807) is 41.1 Å². The van der Waals surface area contributed by atoms with Gasteiger partial charge in [0.05, 0.1) is 0 Å². The highest BCUT2D eigenvalue weighted by molar-refractivity contribution is 6.09. The topological polar surface area (TPSA) is 71.4 Å². The van der Waals surface area contributed by atoms with E-state index in [1.807, 2.05) is 53.4 Å². The van der Waals surface area contributed by atoms with Gasteiger partial charge in [0.15, 0.2) is 0 Å². The third-order valence-corrected chi connectivity index (χ3v) is 6.52. The van der Waals surface area contributed by atoms with E-state index in [4.69, 9.17) is 0 Å². The molecule has 5 rings (SSSR count). The van der Waals surface area contributed by atoms with Crippen LogP contribution in [-0.2, 0) is 11.3 Å². The van der Waals surface area contributed by atoms with Gasteiger partial charge in [-0.1, -0.05) is 48.5 Å².